The zero-order valence-electron chi connectivity index (χ0n) is 14.9. The lowest BCUT2D eigenvalue weighted by Gasteiger charge is -2.24. The summed E-state index contributed by atoms with van der Waals surface area (Å²) in [7, 11) is 0. The Morgan fingerprint density at radius 2 is 1.40 bits per heavy atom. The van der Waals surface area contributed by atoms with Gasteiger partial charge >= 0.3 is 5.97 Å². The van der Waals surface area contributed by atoms with Crippen LogP contribution < -0.4 is 21.7 Å². The standard InChI is InChI=1S/C15H28N4O5S/c1-7(2)5-10(18-12(20)8(3)16)13(21)19-11(6-25)14(22)17-9(4)15(23)24/h7-11,25H,5-6,16H2,1-4H3,(H,17,22)(H,18,20)(H,19,21)(H,23,24). The molecule has 25 heavy (non-hydrogen) atoms. The van der Waals surface area contributed by atoms with Crippen molar-refractivity contribution in [1.29, 1.82) is 0 Å². The van der Waals surface area contributed by atoms with E-state index in [1.807, 2.05) is 13.8 Å². The molecular formula is C15H28N4O5S. The van der Waals surface area contributed by atoms with Gasteiger partial charge in [-0.1, -0.05) is 13.8 Å². The minimum Gasteiger partial charge on any atom is -0.480 e. The average Bonchev–Trinajstić information content (AvgIpc) is 2.50. The van der Waals surface area contributed by atoms with Gasteiger partial charge < -0.3 is 26.8 Å². The van der Waals surface area contributed by atoms with Gasteiger partial charge in [0.2, 0.25) is 17.7 Å². The summed E-state index contributed by atoms with van der Waals surface area (Å²) in [6.45, 7) is 6.57. The predicted molar refractivity (Wildman–Crippen MR) is 96.1 cm³/mol. The molecule has 0 heterocycles. The number of carbonyl (C=O) groups is 4. The van der Waals surface area contributed by atoms with Crippen molar-refractivity contribution in [1.82, 2.24) is 16.0 Å². The molecule has 3 amide bonds. The number of carboxylic acids is 1. The van der Waals surface area contributed by atoms with E-state index in [9.17, 15) is 19.2 Å². The van der Waals surface area contributed by atoms with Gasteiger partial charge in [-0.15, -0.1) is 0 Å². The van der Waals surface area contributed by atoms with E-state index >= 15 is 0 Å². The van der Waals surface area contributed by atoms with Crippen molar-refractivity contribution >= 4 is 36.3 Å². The summed E-state index contributed by atoms with van der Waals surface area (Å²) in [4.78, 5) is 47.1. The Morgan fingerprint density at radius 3 is 1.80 bits per heavy atom. The van der Waals surface area contributed by atoms with Gasteiger partial charge in [0.1, 0.15) is 18.1 Å². The van der Waals surface area contributed by atoms with E-state index in [-0.39, 0.29) is 11.7 Å². The normalized spacial score (nSPS) is 15.6. The Balaban J connectivity index is 5.00. The number of thiol groups is 1. The zero-order valence-corrected chi connectivity index (χ0v) is 15.8. The Labute approximate surface area is 152 Å². The van der Waals surface area contributed by atoms with Crippen LogP contribution >= 0.6 is 12.6 Å². The highest BCUT2D eigenvalue weighted by atomic mass is 32.1. The summed E-state index contributed by atoms with van der Waals surface area (Å²) in [6, 6.07) is -3.76. The Kier molecular flexibility index (Phi) is 10.1. The molecule has 4 atom stereocenters. The van der Waals surface area contributed by atoms with E-state index in [0.717, 1.165) is 0 Å². The molecule has 0 aromatic rings. The molecule has 0 bridgehead atoms. The number of amides is 3. The summed E-state index contributed by atoms with van der Waals surface area (Å²) in [5.74, 6) is -2.81. The molecule has 6 N–H and O–H groups in total. The molecule has 9 nitrogen and oxygen atoms in total. The lowest BCUT2D eigenvalue weighted by Crippen LogP contribution is -2.57. The lowest BCUT2D eigenvalue weighted by molar-refractivity contribution is -0.141. The maximum atomic E-state index is 12.4. The first-order valence-electron chi connectivity index (χ1n) is 7.99. The molecule has 0 spiro atoms. The van der Waals surface area contributed by atoms with Crippen molar-refractivity contribution in [3.05, 3.63) is 0 Å². The number of aliphatic carboxylic acids is 1. The van der Waals surface area contributed by atoms with Crippen molar-refractivity contribution in [2.45, 2.75) is 58.3 Å². The second kappa shape index (κ2) is 10.9. The molecule has 0 fully saturated rings. The predicted octanol–water partition coefficient (Wildman–Crippen LogP) is -1.13. The summed E-state index contributed by atoms with van der Waals surface area (Å²) in [5.41, 5.74) is 5.50. The molecule has 0 saturated carbocycles. The topological polar surface area (TPSA) is 151 Å². The van der Waals surface area contributed by atoms with E-state index in [1.54, 1.807) is 0 Å². The van der Waals surface area contributed by atoms with Gasteiger partial charge in [-0.05, 0) is 26.2 Å². The first-order valence-corrected chi connectivity index (χ1v) is 8.63. The van der Waals surface area contributed by atoms with Gasteiger partial charge in [0.15, 0.2) is 0 Å². The molecule has 144 valence electrons. The molecule has 0 rings (SSSR count). The second-order valence-electron chi connectivity index (χ2n) is 6.29. The van der Waals surface area contributed by atoms with E-state index in [0.29, 0.717) is 6.42 Å². The monoisotopic (exact) mass is 376 g/mol. The molecule has 0 saturated heterocycles. The number of rotatable bonds is 10. The van der Waals surface area contributed by atoms with Gasteiger partial charge in [0.05, 0.1) is 6.04 Å². The van der Waals surface area contributed by atoms with E-state index in [4.69, 9.17) is 10.8 Å². The quantitative estimate of drug-likeness (QED) is 0.266. The highest BCUT2D eigenvalue weighted by Crippen LogP contribution is 2.06. The van der Waals surface area contributed by atoms with Crippen molar-refractivity contribution in [2.24, 2.45) is 11.7 Å². The van der Waals surface area contributed by atoms with Crippen LogP contribution in [-0.4, -0.2) is 58.7 Å². The highest BCUT2D eigenvalue weighted by Gasteiger charge is 2.28. The van der Waals surface area contributed by atoms with E-state index < -0.39 is 47.9 Å². The van der Waals surface area contributed by atoms with Crippen LogP contribution in [0.5, 0.6) is 0 Å². The fraction of sp³-hybridized carbons (Fsp3) is 0.733. The largest absolute Gasteiger partial charge is 0.480 e. The van der Waals surface area contributed by atoms with E-state index in [2.05, 4.69) is 28.6 Å². The summed E-state index contributed by atoms with van der Waals surface area (Å²) >= 11 is 4.01. The number of nitrogens with two attached hydrogens (primary N) is 1. The number of carbonyl (C=O) groups excluding carboxylic acids is 3. The molecule has 0 aliphatic carbocycles. The van der Waals surface area contributed by atoms with Gasteiger partial charge in [-0.2, -0.15) is 12.6 Å². The third-order valence-electron chi connectivity index (χ3n) is 3.30. The van der Waals surface area contributed by atoms with Crippen LogP contribution in [0.2, 0.25) is 0 Å². The lowest BCUT2D eigenvalue weighted by atomic mass is 10.0. The maximum absolute atomic E-state index is 12.4. The molecule has 0 aromatic heterocycles. The number of carboxylic acid groups (broad SMARTS) is 1. The van der Waals surface area contributed by atoms with Gasteiger partial charge in [-0.3, -0.25) is 19.2 Å². The molecule has 10 heteroatoms. The van der Waals surface area contributed by atoms with Crippen LogP contribution in [0.3, 0.4) is 0 Å². The third kappa shape index (κ3) is 8.73. The first-order chi connectivity index (χ1) is 11.5. The Hall–Kier alpha value is -1.81. The first kappa shape index (κ1) is 23.2. The number of nitrogens with one attached hydrogen (secondary N) is 3. The zero-order chi connectivity index (χ0) is 19.7. The average molecular weight is 376 g/mol. The van der Waals surface area contributed by atoms with Crippen LogP contribution in [0.4, 0.5) is 0 Å². The fourth-order valence-corrected chi connectivity index (χ4v) is 2.11. The van der Waals surface area contributed by atoms with Crippen molar-refractivity contribution in [3.8, 4) is 0 Å². The van der Waals surface area contributed by atoms with Crippen molar-refractivity contribution < 1.29 is 24.3 Å². The Morgan fingerprint density at radius 1 is 0.920 bits per heavy atom. The minimum absolute atomic E-state index is 0.0282. The summed E-state index contributed by atoms with van der Waals surface area (Å²) in [5, 5.41) is 16.1. The third-order valence-corrected chi connectivity index (χ3v) is 3.66. The summed E-state index contributed by atoms with van der Waals surface area (Å²) < 4.78 is 0. The van der Waals surface area contributed by atoms with Crippen molar-refractivity contribution in [3.63, 3.8) is 0 Å². The van der Waals surface area contributed by atoms with Crippen molar-refractivity contribution in [2.75, 3.05) is 5.75 Å². The van der Waals surface area contributed by atoms with Crippen LogP contribution in [0, 0.1) is 5.92 Å². The Bertz CT molecular complexity index is 498. The maximum Gasteiger partial charge on any atom is 0.325 e. The molecule has 0 aliphatic rings. The molecular weight excluding hydrogens is 348 g/mol. The van der Waals surface area contributed by atoms with Gasteiger partial charge in [-0.25, -0.2) is 0 Å². The van der Waals surface area contributed by atoms with Gasteiger partial charge in [0, 0.05) is 5.75 Å². The summed E-state index contributed by atoms with van der Waals surface area (Å²) in [6.07, 6.45) is 0.358. The molecule has 0 aromatic carbocycles. The van der Waals surface area contributed by atoms with Crippen LogP contribution in [0.15, 0.2) is 0 Å². The second-order valence-corrected chi connectivity index (χ2v) is 6.66. The number of hydrogen-bond acceptors (Lipinski definition) is 6. The SMILES string of the molecule is CC(C)CC(NC(=O)C(C)N)C(=O)NC(CS)C(=O)NC(C)C(=O)O. The van der Waals surface area contributed by atoms with Gasteiger partial charge in [0.25, 0.3) is 0 Å². The smallest absolute Gasteiger partial charge is 0.325 e. The molecule has 0 radical (unpaired) electrons. The molecule has 0 aliphatic heterocycles. The van der Waals surface area contributed by atoms with E-state index in [1.165, 1.54) is 13.8 Å². The van der Waals surface area contributed by atoms with Crippen LogP contribution in [0.1, 0.15) is 34.1 Å². The fourth-order valence-electron chi connectivity index (χ4n) is 1.85. The van der Waals surface area contributed by atoms with Crippen LogP contribution in [-0.2, 0) is 19.2 Å². The minimum atomic E-state index is -1.19. The van der Waals surface area contributed by atoms with Crippen LogP contribution in [0.25, 0.3) is 0 Å². The number of hydrogen-bond donors (Lipinski definition) is 6. The molecule has 4 unspecified atom stereocenters. The highest BCUT2D eigenvalue weighted by molar-refractivity contribution is 7.80.